The van der Waals surface area contributed by atoms with Crippen LogP contribution in [-0.4, -0.2) is 56.9 Å². The van der Waals surface area contributed by atoms with Crippen LogP contribution >= 0.6 is 0 Å². The van der Waals surface area contributed by atoms with Crippen LogP contribution in [0.15, 0.2) is 65.7 Å². The average molecular weight is 642 g/mol. The molecule has 0 fully saturated rings. The van der Waals surface area contributed by atoms with Crippen LogP contribution in [0, 0.1) is 35.5 Å². The first kappa shape index (κ1) is 33.3. The van der Waals surface area contributed by atoms with E-state index >= 15 is 0 Å². The Labute approximate surface area is 278 Å². The lowest BCUT2D eigenvalue weighted by Gasteiger charge is -2.32. The van der Waals surface area contributed by atoms with Gasteiger partial charge in [-0.15, -0.1) is 0 Å². The molecule has 1 aromatic carbocycles. The molecule has 2 aromatic rings. The van der Waals surface area contributed by atoms with Crippen LogP contribution in [0.3, 0.4) is 0 Å². The molecule has 252 valence electrons. The summed E-state index contributed by atoms with van der Waals surface area (Å²) in [5.41, 5.74) is 11.6. The van der Waals surface area contributed by atoms with Crippen molar-refractivity contribution in [2.75, 3.05) is 13.2 Å². The van der Waals surface area contributed by atoms with E-state index in [1.54, 1.807) is 6.07 Å². The molecule has 3 aliphatic carbocycles. The second kappa shape index (κ2) is 15.1. The monoisotopic (exact) mass is 641 g/mol. The number of aryl methyl sites for hydroxylation is 1. The van der Waals surface area contributed by atoms with E-state index in [0.717, 1.165) is 67.3 Å². The molecule has 8 N–H and O–H groups in total. The molecule has 0 saturated carbocycles. The van der Waals surface area contributed by atoms with E-state index in [0.29, 0.717) is 43.3 Å². The number of benzene rings is 1. The SMILES string of the molecule is CCC1C#CC2C=C3CCc4cc(O)c(OC(CO)CC(Cc5ccc[nH]5)C5=CCNC(N)=C5)cc4C3CC(O)C2C(O)CCCC1. The number of aromatic amines is 1. The number of ether oxygens (including phenoxy) is 1. The first-order valence-electron chi connectivity index (χ1n) is 17.6. The van der Waals surface area contributed by atoms with Gasteiger partial charge in [-0.05, 0) is 104 Å². The molecule has 0 radical (unpaired) electrons. The fourth-order valence-corrected chi connectivity index (χ4v) is 8.15. The van der Waals surface area contributed by atoms with E-state index in [9.17, 15) is 20.4 Å². The standard InChI is InChI=1S/C39H51N3O5/c1-2-24-6-3-4-8-34(44)39-28(10-9-24)16-26-11-12-27-19-35(45)37(22-33(27)32(26)21-36(39)46)47-31(23-43)18-29(17-30-7-5-14-41-30)25-13-15-42-38(40)20-25/h5,7,13-14,16,19-20,22,24,28-29,31-32,34,36,39,41-46H,2-4,6,8,11-12,15,17-18,21,23,40H2,1H3. The van der Waals surface area contributed by atoms with E-state index < -0.39 is 18.3 Å². The van der Waals surface area contributed by atoms with Crippen molar-refractivity contribution in [3.05, 3.63) is 82.5 Å². The van der Waals surface area contributed by atoms with E-state index in [-0.39, 0.29) is 36.0 Å². The highest BCUT2D eigenvalue weighted by atomic mass is 16.5. The number of aliphatic hydroxyl groups excluding tert-OH is 3. The highest BCUT2D eigenvalue weighted by Gasteiger charge is 2.40. The van der Waals surface area contributed by atoms with Gasteiger partial charge in [0.1, 0.15) is 6.10 Å². The number of hydrogen-bond donors (Lipinski definition) is 7. The zero-order chi connectivity index (χ0) is 32.9. The number of phenols is 1. The maximum atomic E-state index is 11.7. The fraction of sp³-hybridized carbons (Fsp3) is 0.538. The number of nitrogens with two attached hydrogens (primary N) is 1. The van der Waals surface area contributed by atoms with Crippen molar-refractivity contribution in [2.24, 2.45) is 29.4 Å². The highest BCUT2D eigenvalue weighted by Crippen LogP contribution is 2.47. The van der Waals surface area contributed by atoms with Gasteiger partial charge in [-0.2, -0.15) is 0 Å². The summed E-state index contributed by atoms with van der Waals surface area (Å²) in [6, 6.07) is 7.73. The first-order chi connectivity index (χ1) is 22.8. The van der Waals surface area contributed by atoms with E-state index in [2.05, 4.69) is 41.2 Å². The summed E-state index contributed by atoms with van der Waals surface area (Å²) in [6.45, 7) is 2.61. The second-order valence-electron chi connectivity index (χ2n) is 13.9. The minimum atomic E-state index is -0.718. The van der Waals surface area contributed by atoms with E-state index in [1.807, 2.05) is 30.5 Å². The molecule has 0 saturated heterocycles. The smallest absolute Gasteiger partial charge is 0.161 e. The number of aliphatic hydroxyl groups is 3. The Morgan fingerprint density at radius 1 is 1.11 bits per heavy atom. The van der Waals surface area contributed by atoms with Crippen LogP contribution in [0.4, 0.5) is 0 Å². The Morgan fingerprint density at radius 2 is 1.96 bits per heavy atom. The predicted octanol–water partition coefficient (Wildman–Crippen LogP) is 4.96. The van der Waals surface area contributed by atoms with Gasteiger partial charge in [0.25, 0.3) is 0 Å². The molecule has 8 unspecified atom stereocenters. The van der Waals surface area contributed by atoms with Gasteiger partial charge >= 0.3 is 0 Å². The molecule has 47 heavy (non-hydrogen) atoms. The molecule has 4 aliphatic rings. The summed E-state index contributed by atoms with van der Waals surface area (Å²) in [5, 5.41) is 47.7. The number of nitrogens with one attached hydrogen (secondary N) is 2. The molecule has 8 heteroatoms. The number of dihydropyridines is 1. The lowest BCUT2D eigenvalue weighted by atomic mass is 9.76. The van der Waals surface area contributed by atoms with Crippen LogP contribution in [-0.2, 0) is 12.8 Å². The van der Waals surface area contributed by atoms with E-state index in [4.69, 9.17) is 10.5 Å². The van der Waals surface area contributed by atoms with Crippen LogP contribution in [0.2, 0.25) is 0 Å². The zero-order valence-electron chi connectivity index (χ0n) is 27.5. The topological polar surface area (TPSA) is 144 Å². The second-order valence-corrected chi connectivity index (χ2v) is 13.9. The Kier molecular flexibility index (Phi) is 10.7. The number of hydrogen-bond acceptors (Lipinski definition) is 7. The quantitative estimate of drug-likeness (QED) is 0.152. The van der Waals surface area contributed by atoms with Crippen LogP contribution in [0.1, 0.15) is 81.0 Å². The lowest BCUT2D eigenvalue weighted by Crippen LogP contribution is -2.37. The van der Waals surface area contributed by atoms with Crippen LogP contribution in [0.5, 0.6) is 11.5 Å². The van der Waals surface area contributed by atoms with Crippen molar-refractivity contribution in [1.82, 2.24) is 10.3 Å². The third-order valence-corrected chi connectivity index (χ3v) is 10.8. The number of phenolic OH excluding ortho intramolecular Hbond substituents is 1. The van der Waals surface area contributed by atoms with Gasteiger partial charge < -0.3 is 41.2 Å². The van der Waals surface area contributed by atoms with Crippen LogP contribution in [0.25, 0.3) is 0 Å². The molecule has 0 bridgehead atoms. The van der Waals surface area contributed by atoms with Gasteiger partial charge in [-0.3, -0.25) is 0 Å². The number of aromatic hydroxyl groups is 1. The number of fused-ring (bicyclic) bond motifs is 4. The van der Waals surface area contributed by atoms with Gasteiger partial charge in [-0.1, -0.05) is 49.3 Å². The third kappa shape index (κ3) is 7.75. The van der Waals surface area contributed by atoms with Gasteiger partial charge in [-0.25, -0.2) is 0 Å². The Bertz CT molecular complexity index is 1530. The van der Waals surface area contributed by atoms with Crippen molar-refractivity contribution >= 4 is 0 Å². The van der Waals surface area contributed by atoms with Gasteiger partial charge in [0, 0.05) is 42.1 Å². The summed E-state index contributed by atoms with van der Waals surface area (Å²) < 4.78 is 6.41. The largest absolute Gasteiger partial charge is 0.504 e. The number of aromatic nitrogens is 1. The molecule has 6 rings (SSSR count). The molecule has 0 spiro atoms. The molecule has 2 heterocycles. The highest BCUT2D eigenvalue weighted by molar-refractivity contribution is 5.52. The van der Waals surface area contributed by atoms with Crippen molar-refractivity contribution in [2.45, 2.75) is 95.4 Å². The summed E-state index contributed by atoms with van der Waals surface area (Å²) >= 11 is 0. The van der Waals surface area contributed by atoms with Gasteiger partial charge in [0.05, 0.1) is 24.6 Å². The molecule has 1 aliphatic heterocycles. The number of rotatable bonds is 9. The minimum Gasteiger partial charge on any atom is -0.504 e. The molecular formula is C39H51N3O5. The Morgan fingerprint density at radius 3 is 2.72 bits per heavy atom. The average Bonchev–Trinajstić information content (AvgIpc) is 3.53. The Hall–Kier alpha value is -3.64. The van der Waals surface area contributed by atoms with Crippen molar-refractivity contribution in [3.63, 3.8) is 0 Å². The minimum absolute atomic E-state index is 0.0301. The Balaban J connectivity index is 1.27. The number of H-pyrrole nitrogens is 1. The van der Waals surface area contributed by atoms with Gasteiger partial charge in [0.15, 0.2) is 11.5 Å². The maximum absolute atomic E-state index is 11.7. The lowest BCUT2D eigenvalue weighted by molar-refractivity contribution is -0.00724. The molecule has 8 nitrogen and oxygen atoms in total. The van der Waals surface area contributed by atoms with Crippen molar-refractivity contribution in [3.8, 4) is 23.3 Å². The molecular weight excluding hydrogens is 590 g/mol. The molecule has 8 atom stereocenters. The summed E-state index contributed by atoms with van der Waals surface area (Å²) in [6.07, 6.45) is 14.4. The predicted molar refractivity (Wildman–Crippen MR) is 183 cm³/mol. The van der Waals surface area contributed by atoms with Crippen LogP contribution < -0.4 is 15.8 Å². The van der Waals surface area contributed by atoms with Crippen molar-refractivity contribution in [1.29, 1.82) is 0 Å². The normalized spacial score (nSPS) is 28.6. The van der Waals surface area contributed by atoms with E-state index in [1.165, 1.54) is 5.57 Å². The molecule has 0 amide bonds. The zero-order valence-corrected chi connectivity index (χ0v) is 27.5. The summed E-state index contributed by atoms with van der Waals surface area (Å²) in [5.74, 6) is 7.78. The first-order valence-corrected chi connectivity index (χ1v) is 17.6. The van der Waals surface area contributed by atoms with Gasteiger partial charge in [0.2, 0.25) is 0 Å². The third-order valence-electron chi connectivity index (χ3n) is 10.8. The fourth-order valence-electron chi connectivity index (χ4n) is 8.15. The summed E-state index contributed by atoms with van der Waals surface area (Å²) in [4.78, 5) is 3.29. The molecule has 1 aromatic heterocycles. The number of allylic oxidation sites excluding steroid dienone is 4. The summed E-state index contributed by atoms with van der Waals surface area (Å²) in [7, 11) is 0. The maximum Gasteiger partial charge on any atom is 0.161 e. The van der Waals surface area contributed by atoms with Crippen molar-refractivity contribution < 1.29 is 25.2 Å².